The number of alkyl halides is 1. The normalized spacial score (nSPS) is 11.1. The summed E-state index contributed by atoms with van der Waals surface area (Å²) in [6, 6.07) is 11.8. The van der Waals surface area contributed by atoms with E-state index in [1.54, 1.807) is 11.3 Å². The molecule has 0 saturated heterocycles. The van der Waals surface area contributed by atoms with Gasteiger partial charge in [0.05, 0.1) is 10.6 Å². The molecule has 0 aliphatic heterocycles. The SMILES string of the molecule is FCc1cccc2[nH]c(-c3cccs3)cc12. The maximum absolute atomic E-state index is 12.8. The van der Waals surface area contributed by atoms with Crippen LogP contribution in [0.15, 0.2) is 41.8 Å². The number of H-pyrrole nitrogens is 1. The summed E-state index contributed by atoms with van der Waals surface area (Å²) in [5.41, 5.74) is 2.81. The van der Waals surface area contributed by atoms with Crippen molar-refractivity contribution in [1.29, 1.82) is 0 Å². The quantitative estimate of drug-likeness (QED) is 0.674. The lowest BCUT2D eigenvalue weighted by molar-refractivity contribution is 0.488. The molecular formula is C13H10FNS. The van der Waals surface area contributed by atoms with E-state index in [1.165, 1.54) is 4.88 Å². The Morgan fingerprint density at radius 3 is 2.88 bits per heavy atom. The first kappa shape index (κ1) is 9.60. The molecule has 1 aromatic carbocycles. The van der Waals surface area contributed by atoms with E-state index < -0.39 is 6.67 Å². The Labute approximate surface area is 96.6 Å². The molecule has 2 aromatic heterocycles. The second-order valence-corrected chi connectivity index (χ2v) is 4.62. The summed E-state index contributed by atoms with van der Waals surface area (Å²) in [5, 5.41) is 3.02. The number of thiophene rings is 1. The highest BCUT2D eigenvalue weighted by Gasteiger charge is 2.06. The van der Waals surface area contributed by atoms with Gasteiger partial charge < -0.3 is 4.98 Å². The number of benzene rings is 1. The first-order chi connectivity index (χ1) is 7.88. The van der Waals surface area contributed by atoms with Gasteiger partial charge in [-0.3, -0.25) is 0 Å². The minimum absolute atomic E-state index is 0.418. The van der Waals surface area contributed by atoms with Gasteiger partial charge in [-0.1, -0.05) is 18.2 Å². The summed E-state index contributed by atoms with van der Waals surface area (Å²) in [4.78, 5) is 4.50. The highest BCUT2D eigenvalue weighted by Crippen LogP contribution is 2.29. The molecule has 1 N–H and O–H groups in total. The third-order valence-corrected chi connectivity index (χ3v) is 3.59. The summed E-state index contributed by atoms with van der Waals surface area (Å²) < 4.78 is 12.8. The number of nitrogens with one attached hydrogen (secondary N) is 1. The molecule has 0 unspecified atom stereocenters. The standard InChI is InChI=1S/C13H10FNS/c14-8-9-3-1-4-11-10(9)7-12(15-11)13-5-2-6-16-13/h1-7,15H,8H2. The molecule has 0 atom stereocenters. The minimum Gasteiger partial charge on any atom is -0.354 e. The zero-order valence-electron chi connectivity index (χ0n) is 8.53. The first-order valence-corrected chi connectivity index (χ1v) is 5.97. The van der Waals surface area contributed by atoms with Crippen molar-refractivity contribution in [2.75, 3.05) is 0 Å². The topological polar surface area (TPSA) is 15.8 Å². The van der Waals surface area contributed by atoms with E-state index in [-0.39, 0.29) is 0 Å². The van der Waals surface area contributed by atoms with Crippen LogP contribution in [0.5, 0.6) is 0 Å². The summed E-state index contributed by atoms with van der Waals surface area (Å²) in [7, 11) is 0. The molecule has 0 bridgehead atoms. The molecule has 0 spiro atoms. The Balaban J connectivity index is 2.23. The van der Waals surface area contributed by atoms with E-state index in [0.29, 0.717) is 0 Å². The van der Waals surface area contributed by atoms with Gasteiger partial charge in [-0.2, -0.15) is 0 Å². The smallest absolute Gasteiger partial charge is 0.115 e. The van der Waals surface area contributed by atoms with Crippen LogP contribution >= 0.6 is 11.3 Å². The van der Waals surface area contributed by atoms with Crippen molar-refractivity contribution >= 4 is 22.2 Å². The highest BCUT2D eigenvalue weighted by molar-refractivity contribution is 7.13. The average Bonchev–Trinajstić information content (AvgIpc) is 2.96. The zero-order valence-corrected chi connectivity index (χ0v) is 9.35. The third kappa shape index (κ3) is 1.44. The maximum Gasteiger partial charge on any atom is 0.115 e. The number of fused-ring (bicyclic) bond motifs is 1. The molecule has 2 heterocycles. The summed E-state index contributed by atoms with van der Waals surface area (Å²) >= 11 is 1.68. The monoisotopic (exact) mass is 231 g/mol. The van der Waals surface area contributed by atoms with Crippen molar-refractivity contribution in [2.24, 2.45) is 0 Å². The molecule has 16 heavy (non-hydrogen) atoms. The molecule has 0 radical (unpaired) electrons. The van der Waals surface area contributed by atoms with Crippen LogP contribution in [0.4, 0.5) is 4.39 Å². The van der Waals surface area contributed by atoms with Gasteiger partial charge in [0.25, 0.3) is 0 Å². The van der Waals surface area contributed by atoms with Gasteiger partial charge >= 0.3 is 0 Å². The number of aromatic nitrogens is 1. The largest absolute Gasteiger partial charge is 0.354 e. The van der Waals surface area contributed by atoms with Crippen LogP contribution in [0.1, 0.15) is 5.56 Å². The van der Waals surface area contributed by atoms with Crippen LogP contribution in [0.2, 0.25) is 0 Å². The van der Waals surface area contributed by atoms with Crippen molar-refractivity contribution in [1.82, 2.24) is 4.98 Å². The van der Waals surface area contributed by atoms with Gasteiger partial charge in [-0.05, 0) is 29.1 Å². The number of aromatic amines is 1. The molecule has 0 amide bonds. The Hall–Kier alpha value is -1.61. The molecular weight excluding hydrogens is 221 g/mol. The number of halogens is 1. The Bertz CT molecular complexity index is 610. The van der Waals surface area contributed by atoms with Gasteiger partial charge in [0.15, 0.2) is 0 Å². The Kier molecular flexibility index (Phi) is 2.26. The van der Waals surface area contributed by atoms with Gasteiger partial charge in [-0.25, -0.2) is 4.39 Å². The van der Waals surface area contributed by atoms with Crippen LogP contribution in [0.3, 0.4) is 0 Å². The predicted molar refractivity (Wildman–Crippen MR) is 66.4 cm³/mol. The first-order valence-electron chi connectivity index (χ1n) is 5.09. The number of hydrogen-bond donors (Lipinski definition) is 1. The number of hydrogen-bond acceptors (Lipinski definition) is 1. The molecule has 3 rings (SSSR count). The van der Waals surface area contributed by atoms with E-state index in [4.69, 9.17) is 0 Å². The van der Waals surface area contributed by atoms with Crippen molar-refractivity contribution in [2.45, 2.75) is 6.67 Å². The predicted octanol–water partition coefficient (Wildman–Crippen LogP) is 4.37. The van der Waals surface area contributed by atoms with Crippen LogP contribution < -0.4 is 0 Å². The summed E-state index contributed by atoms with van der Waals surface area (Å²) in [6.07, 6.45) is 0. The fraction of sp³-hybridized carbons (Fsp3) is 0.0769. The third-order valence-electron chi connectivity index (χ3n) is 2.69. The second-order valence-electron chi connectivity index (χ2n) is 3.67. The fourth-order valence-corrected chi connectivity index (χ4v) is 2.60. The summed E-state index contributed by atoms with van der Waals surface area (Å²) in [5.74, 6) is 0. The van der Waals surface area contributed by atoms with Gasteiger partial charge in [0.1, 0.15) is 6.67 Å². The van der Waals surface area contributed by atoms with Crippen molar-refractivity contribution in [3.63, 3.8) is 0 Å². The lowest BCUT2D eigenvalue weighted by Gasteiger charge is -1.94. The second kappa shape index (κ2) is 3.76. The van der Waals surface area contributed by atoms with Crippen LogP contribution in [0.25, 0.3) is 21.5 Å². The molecule has 3 heteroatoms. The molecule has 0 aliphatic carbocycles. The lowest BCUT2D eigenvalue weighted by atomic mass is 10.1. The van der Waals surface area contributed by atoms with Gasteiger partial charge in [0.2, 0.25) is 0 Å². The molecule has 0 saturated carbocycles. The van der Waals surface area contributed by atoms with Crippen molar-refractivity contribution < 1.29 is 4.39 Å². The fourth-order valence-electron chi connectivity index (χ4n) is 1.90. The number of rotatable bonds is 2. The van der Waals surface area contributed by atoms with Crippen LogP contribution in [0, 0.1) is 0 Å². The van der Waals surface area contributed by atoms with Crippen molar-refractivity contribution in [3.05, 3.63) is 47.3 Å². The van der Waals surface area contributed by atoms with Gasteiger partial charge in [0, 0.05) is 10.9 Å². The van der Waals surface area contributed by atoms with Crippen molar-refractivity contribution in [3.8, 4) is 10.6 Å². The lowest BCUT2D eigenvalue weighted by Crippen LogP contribution is -1.77. The van der Waals surface area contributed by atoms with E-state index in [2.05, 4.69) is 11.1 Å². The van der Waals surface area contributed by atoms with E-state index in [0.717, 1.165) is 22.2 Å². The molecule has 0 fully saturated rings. The highest BCUT2D eigenvalue weighted by atomic mass is 32.1. The van der Waals surface area contributed by atoms with E-state index >= 15 is 0 Å². The Morgan fingerprint density at radius 2 is 2.12 bits per heavy atom. The average molecular weight is 231 g/mol. The molecule has 3 aromatic rings. The molecule has 80 valence electrons. The Morgan fingerprint density at radius 1 is 1.19 bits per heavy atom. The van der Waals surface area contributed by atoms with Crippen LogP contribution in [-0.4, -0.2) is 4.98 Å². The molecule has 0 aliphatic rings. The summed E-state index contributed by atoms with van der Waals surface area (Å²) in [6.45, 7) is -0.418. The van der Waals surface area contributed by atoms with E-state index in [9.17, 15) is 4.39 Å². The van der Waals surface area contributed by atoms with Crippen LogP contribution in [-0.2, 0) is 6.67 Å². The molecule has 1 nitrogen and oxygen atoms in total. The maximum atomic E-state index is 12.8. The zero-order chi connectivity index (χ0) is 11.0. The van der Waals surface area contributed by atoms with E-state index in [1.807, 2.05) is 35.7 Å². The van der Waals surface area contributed by atoms with Gasteiger partial charge in [-0.15, -0.1) is 11.3 Å². The minimum atomic E-state index is -0.418.